The van der Waals surface area contributed by atoms with Crippen LogP contribution in [0.3, 0.4) is 0 Å². The van der Waals surface area contributed by atoms with Crippen LogP contribution in [0.25, 0.3) is 0 Å². The van der Waals surface area contributed by atoms with Crippen LogP contribution in [0.5, 0.6) is 5.75 Å². The molecule has 0 radical (unpaired) electrons. The van der Waals surface area contributed by atoms with E-state index in [0.29, 0.717) is 21.4 Å². The number of benzene rings is 2. The van der Waals surface area contributed by atoms with Crippen molar-refractivity contribution in [3.05, 3.63) is 75.9 Å². The molecular weight excluding hydrogens is 403 g/mol. The summed E-state index contributed by atoms with van der Waals surface area (Å²) in [4.78, 5) is 24.7. The summed E-state index contributed by atoms with van der Waals surface area (Å²) in [5, 5.41) is 6.02. The van der Waals surface area contributed by atoms with Gasteiger partial charge in [0.1, 0.15) is 18.3 Å². The minimum Gasteiger partial charge on any atom is -0.497 e. The lowest BCUT2D eigenvalue weighted by molar-refractivity contribution is -0.149. The largest absolute Gasteiger partial charge is 0.497 e. The van der Waals surface area contributed by atoms with Crippen molar-refractivity contribution in [3.8, 4) is 5.75 Å². The van der Waals surface area contributed by atoms with Gasteiger partial charge >= 0.3 is 12.0 Å². The number of carbonyl (C=O) groups is 2. The van der Waals surface area contributed by atoms with Crippen molar-refractivity contribution >= 4 is 35.2 Å². The monoisotopic (exact) mass is 420 g/mol. The van der Waals surface area contributed by atoms with E-state index in [9.17, 15) is 9.59 Å². The number of nitrogens with one attached hydrogen (secondary N) is 2. The predicted molar refractivity (Wildman–Crippen MR) is 106 cm³/mol. The molecule has 2 aromatic rings. The Kier molecular flexibility index (Phi) is 6.11. The van der Waals surface area contributed by atoms with Gasteiger partial charge in [0.2, 0.25) is 0 Å². The van der Waals surface area contributed by atoms with Crippen molar-refractivity contribution < 1.29 is 19.1 Å². The Morgan fingerprint density at radius 2 is 1.89 bits per heavy atom. The predicted octanol–water partition coefficient (Wildman–Crippen LogP) is 4.23. The fourth-order valence-electron chi connectivity index (χ4n) is 2.94. The Balaban J connectivity index is 1.79. The molecule has 0 aliphatic carbocycles. The minimum atomic E-state index is -0.852. The second-order valence-electron chi connectivity index (χ2n) is 6.20. The molecule has 1 heterocycles. The maximum atomic E-state index is 12.8. The fourth-order valence-corrected chi connectivity index (χ4v) is 3.47. The Bertz CT molecular complexity index is 915. The summed E-state index contributed by atoms with van der Waals surface area (Å²) in [5.74, 6) is -0.681. The van der Waals surface area contributed by atoms with E-state index in [4.69, 9.17) is 32.7 Å². The van der Waals surface area contributed by atoms with Gasteiger partial charge in [0.15, 0.2) is 0 Å². The summed E-state index contributed by atoms with van der Waals surface area (Å²) < 4.78 is 10.6. The lowest BCUT2D eigenvalue weighted by Crippen LogP contribution is -2.51. The van der Waals surface area contributed by atoms with E-state index in [1.165, 1.54) is 0 Å². The molecule has 8 heteroatoms. The number of rotatable bonds is 5. The second-order valence-corrected chi connectivity index (χ2v) is 7.04. The molecule has 1 fully saturated rings. The Morgan fingerprint density at radius 3 is 2.54 bits per heavy atom. The summed E-state index contributed by atoms with van der Waals surface area (Å²) in [6, 6.07) is 10.8. The van der Waals surface area contributed by atoms with E-state index in [1.54, 1.807) is 49.6 Å². The van der Waals surface area contributed by atoms with Crippen LogP contribution in [0.4, 0.5) is 4.79 Å². The number of esters is 1. The lowest BCUT2D eigenvalue weighted by atomic mass is 9.89. The number of hydrogen-bond donors (Lipinski definition) is 2. The highest BCUT2D eigenvalue weighted by Crippen LogP contribution is 2.35. The highest BCUT2D eigenvalue weighted by atomic mass is 35.5. The number of urea groups is 1. The van der Waals surface area contributed by atoms with Gasteiger partial charge in [-0.05, 0) is 35.4 Å². The van der Waals surface area contributed by atoms with Crippen LogP contribution in [0.1, 0.15) is 17.2 Å². The molecule has 2 unspecified atom stereocenters. The quantitative estimate of drug-likeness (QED) is 0.709. The molecule has 2 atom stereocenters. The third-order valence-electron chi connectivity index (χ3n) is 4.36. The third kappa shape index (κ3) is 4.40. The molecule has 2 amide bonds. The maximum Gasteiger partial charge on any atom is 0.319 e. The van der Waals surface area contributed by atoms with E-state index in [0.717, 1.165) is 5.56 Å². The van der Waals surface area contributed by atoms with Crippen molar-refractivity contribution in [2.75, 3.05) is 7.11 Å². The average Bonchev–Trinajstić information content (AvgIpc) is 2.66. The van der Waals surface area contributed by atoms with Gasteiger partial charge in [0.25, 0.3) is 0 Å². The number of amides is 2. The lowest BCUT2D eigenvalue weighted by Gasteiger charge is -2.33. The van der Waals surface area contributed by atoms with Crippen molar-refractivity contribution in [1.29, 1.82) is 0 Å². The molecular formula is C20H18Cl2N2O4. The molecule has 28 heavy (non-hydrogen) atoms. The standard InChI is InChI=1S/C20H18Cl2N2O4/c1-11-17(19(25)28-10-12-3-6-14(27-2)7-4-12)18(24-20(26)23-11)15-8-5-13(21)9-16(15)22/h3-9,17-18H,1,10H2,2H3,(H2,23,24,26). The van der Waals surface area contributed by atoms with Gasteiger partial charge in [-0.3, -0.25) is 4.79 Å². The normalized spacial score (nSPS) is 18.8. The van der Waals surface area contributed by atoms with Crippen molar-refractivity contribution in [1.82, 2.24) is 10.6 Å². The van der Waals surface area contributed by atoms with Gasteiger partial charge in [-0.2, -0.15) is 0 Å². The molecule has 0 bridgehead atoms. The smallest absolute Gasteiger partial charge is 0.319 e. The van der Waals surface area contributed by atoms with Gasteiger partial charge < -0.3 is 20.1 Å². The molecule has 0 saturated carbocycles. The summed E-state index contributed by atoms with van der Waals surface area (Å²) in [6.07, 6.45) is 0. The number of methoxy groups -OCH3 is 1. The van der Waals surface area contributed by atoms with E-state index in [2.05, 4.69) is 17.2 Å². The van der Waals surface area contributed by atoms with E-state index in [1.807, 2.05) is 0 Å². The number of ether oxygens (including phenoxy) is 2. The van der Waals surface area contributed by atoms with Crippen LogP contribution in [-0.2, 0) is 16.1 Å². The molecule has 146 valence electrons. The Morgan fingerprint density at radius 1 is 1.18 bits per heavy atom. The van der Waals surface area contributed by atoms with Crippen molar-refractivity contribution in [2.24, 2.45) is 5.92 Å². The fraction of sp³-hybridized carbons (Fsp3) is 0.200. The first kappa shape index (κ1) is 20.0. The highest BCUT2D eigenvalue weighted by molar-refractivity contribution is 6.35. The summed E-state index contributed by atoms with van der Waals surface area (Å²) >= 11 is 12.2. The summed E-state index contributed by atoms with van der Waals surface area (Å²) in [6.45, 7) is 3.88. The maximum absolute atomic E-state index is 12.8. The molecule has 1 aliphatic rings. The van der Waals surface area contributed by atoms with Crippen LogP contribution in [0.2, 0.25) is 10.0 Å². The molecule has 0 spiro atoms. The topological polar surface area (TPSA) is 76.7 Å². The Hall–Kier alpha value is -2.70. The van der Waals surface area contributed by atoms with Crippen LogP contribution in [0.15, 0.2) is 54.7 Å². The third-order valence-corrected chi connectivity index (χ3v) is 4.92. The zero-order valence-corrected chi connectivity index (χ0v) is 16.5. The zero-order valence-electron chi connectivity index (χ0n) is 15.0. The average molecular weight is 421 g/mol. The zero-order chi connectivity index (χ0) is 20.3. The van der Waals surface area contributed by atoms with Gasteiger partial charge in [0, 0.05) is 15.7 Å². The molecule has 1 saturated heterocycles. The number of halogens is 2. The van der Waals surface area contributed by atoms with Gasteiger partial charge in [0.05, 0.1) is 13.2 Å². The van der Waals surface area contributed by atoms with Crippen LogP contribution >= 0.6 is 23.2 Å². The SMILES string of the molecule is C=C1NC(=O)NC(c2ccc(Cl)cc2Cl)C1C(=O)OCc1ccc(OC)cc1. The van der Waals surface area contributed by atoms with Gasteiger partial charge in [-0.1, -0.05) is 48.0 Å². The first-order valence-electron chi connectivity index (χ1n) is 8.40. The molecule has 0 aromatic heterocycles. The molecule has 3 rings (SSSR count). The minimum absolute atomic E-state index is 0.0711. The summed E-state index contributed by atoms with van der Waals surface area (Å²) in [7, 11) is 1.58. The second kappa shape index (κ2) is 8.54. The van der Waals surface area contributed by atoms with Crippen LogP contribution < -0.4 is 15.4 Å². The molecule has 2 N–H and O–H groups in total. The van der Waals surface area contributed by atoms with Crippen molar-refractivity contribution in [3.63, 3.8) is 0 Å². The van der Waals surface area contributed by atoms with Crippen molar-refractivity contribution in [2.45, 2.75) is 12.6 Å². The first-order chi connectivity index (χ1) is 13.4. The molecule has 6 nitrogen and oxygen atoms in total. The highest BCUT2D eigenvalue weighted by Gasteiger charge is 2.39. The van der Waals surface area contributed by atoms with Crippen LogP contribution in [-0.4, -0.2) is 19.1 Å². The van der Waals surface area contributed by atoms with E-state index < -0.39 is 24.0 Å². The van der Waals surface area contributed by atoms with Gasteiger partial charge in [-0.15, -0.1) is 0 Å². The van der Waals surface area contributed by atoms with Crippen LogP contribution in [0, 0.1) is 5.92 Å². The molecule has 1 aliphatic heterocycles. The number of hydrogen-bond acceptors (Lipinski definition) is 4. The molecule has 2 aromatic carbocycles. The Labute approximate surface area is 172 Å². The number of carbonyl (C=O) groups excluding carboxylic acids is 2. The summed E-state index contributed by atoms with van der Waals surface area (Å²) in [5.41, 5.74) is 1.58. The van der Waals surface area contributed by atoms with E-state index >= 15 is 0 Å². The van der Waals surface area contributed by atoms with E-state index in [-0.39, 0.29) is 12.3 Å². The van der Waals surface area contributed by atoms with Gasteiger partial charge in [-0.25, -0.2) is 4.79 Å². The first-order valence-corrected chi connectivity index (χ1v) is 9.15.